The van der Waals surface area contributed by atoms with Gasteiger partial charge < -0.3 is 5.32 Å². The minimum absolute atomic E-state index is 0.266. The summed E-state index contributed by atoms with van der Waals surface area (Å²) < 4.78 is 1.59. The number of carbonyl (C=O) groups excluding carboxylic acids is 1. The second-order valence-electron chi connectivity index (χ2n) is 5.71. The number of rotatable bonds is 5. The van der Waals surface area contributed by atoms with Crippen molar-refractivity contribution in [2.24, 2.45) is 0 Å². The van der Waals surface area contributed by atoms with Gasteiger partial charge in [0, 0.05) is 5.02 Å². The van der Waals surface area contributed by atoms with Gasteiger partial charge in [0.25, 0.3) is 0 Å². The third-order valence-corrected chi connectivity index (χ3v) is 5.44. The Morgan fingerprint density at radius 3 is 2.56 bits per heavy atom. The lowest BCUT2D eigenvalue weighted by Gasteiger charge is -2.14. The predicted molar refractivity (Wildman–Crippen MR) is 109 cm³/mol. The van der Waals surface area contributed by atoms with Gasteiger partial charge in [-0.15, -0.1) is 5.10 Å². The Morgan fingerprint density at radius 1 is 1.19 bits per heavy atom. The van der Waals surface area contributed by atoms with Crippen LogP contribution in [0.25, 0.3) is 5.69 Å². The minimum atomic E-state index is -0.498. The molecule has 6 nitrogen and oxygen atoms in total. The van der Waals surface area contributed by atoms with E-state index in [2.05, 4.69) is 20.8 Å². The Balaban J connectivity index is 1.76. The quantitative estimate of drug-likeness (QED) is 0.560. The van der Waals surface area contributed by atoms with Crippen LogP contribution in [-0.4, -0.2) is 31.4 Å². The molecule has 1 N–H and O–H groups in total. The first-order valence-corrected chi connectivity index (χ1v) is 9.84. The van der Waals surface area contributed by atoms with E-state index < -0.39 is 5.25 Å². The molecule has 1 aromatic heterocycles. The van der Waals surface area contributed by atoms with Gasteiger partial charge in [0.2, 0.25) is 11.1 Å². The molecule has 0 aliphatic heterocycles. The summed E-state index contributed by atoms with van der Waals surface area (Å²) in [5, 5.41) is 15.4. The van der Waals surface area contributed by atoms with E-state index in [0.29, 0.717) is 15.9 Å². The van der Waals surface area contributed by atoms with Crippen LogP contribution < -0.4 is 5.32 Å². The molecule has 0 aliphatic rings. The number of benzene rings is 2. The fraction of sp³-hybridized carbons (Fsp3) is 0.176. The molecule has 0 saturated carbocycles. The molecule has 10 heteroatoms. The molecule has 27 heavy (non-hydrogen) atoms. The van der Waals surface area contributed by atoms with Crippen molar-refractivity contribution in [3.05, 3.63) is 57.0 Å². The first-order valence-electron chi connectivity index (χ1n) is 7.82. The van der Waals surface area contributed by atoms with E-state index in [9.17, 15) is 4.79 Å². The first-order chi connectivity index (χ1) is 12.8. The van der Waals surface area contributed by atoms with Crippen molar-refractivity contribution in [3.8, 4) is 5.69 Å². The van der Waals surface area contributed by atoms with Crippen LogP contribution in [-0.2, 0) is 4.79 Å². The summed E-state index contributed by atoms with van der Waals surface area (Å²) in [5.41, 5.74) is 2.22. The van der Waals surface area contributed by atoms with Gasteiger partial charge in [-0.1, -0.05) is 58.7 Å². The van der Waals surface area contributed by atoms with E-state index in [0.717, 1.165) is 11.3 Å². The van der Waals surface area contributed by atoms with Crippen molar-refractivity contribution in [2.75, 3.05) is 5.32 Å². The second-order valence-corrected chi connectivity index (χ2v) is 8.26. The Bertz CT molecular complexity index is 971. The summed E-state index contributed by atoms with van der Waals surface area (Å²) in [6, 6.07) is 10.8. The normalized spacial score (nSPS) is 12.0. The standard InChI is InChI=1S/C17H14Cl3N5OS/c1-9-4-3-5-12(6-9)25-17(22-23-24-25)27-10(2)16(26)21-15-13(19)7-11(18)8-14(15)20/h3-8,10H,1-2H3,(H,21,26). The van der Waals surface area contributed by atoms with Crippen molar-refractivity contribution in [1.29, 1.82) is 0 Å². The molecule has 0 radical (unpaired) electrons. The van der Waals surface area contributed by atoms with Crippen LogP contribution in [0.1, 0.15) is 12.5 Å². The van der Waals surface area contributed by atoms with Gasteiger partial charge in [-0.2, -0.15) is 4.68 Å². The van der Waals surface area contributed by atoms with E-state index in [1.807, 2.05) is 31.2 Å². The average molecular weight is 443 g/mol. The van der Waals surface area contributed by atoms with Crippen LogP contribution in [0.4, 0.5) is 5.69 Å². The third kappa shape index (κ3) is 4.73. The Hall–Kier alpha value is -1.80. The molecule has 0 aliphatic carbocycles. The highest BCUT2D eigenvalue weighted by Gasteiger charge is 2.21. The van der Waals surface area contributed by atoms with Gasteiger partial charge in [-0.25, -0.2) is 0 Å². The summed E-state index contributed by atoms with van der Waals surface area (Å²) in [7, 11) is 0. The number of tetrazole rings is 1. The van der Waals surface area contributed by atoms with Crippen LogP contribution in [0.3, 0.4) is 0 Å². The Labute approximate surface area is 175 Å². The second kappa shape index (κ2) is 8.48. The number of hydrogen-bond donors (Lipinski definition) is 1. The lowest BCUT2D eigenvalue weighted by atomic mass is 10.2. The molecule has 0 bridgehead atoms. The number of anilines is 1. The molecular weight excluding hydrogens is 429 g/mol. The summed E-state index contributed by atoms with van der Waals surface area (Å²) >= 11 is 19.4. The van der Waals surface area contributed by atoms with E-state index in [1.165, 1.54) is 23.9 Å². The maximum Gasteiger partial charge on any atom is 0.237 e. The van der Waals surface area contributed by atoms with Crippen LogP contribution in [0.15, 0.2) is 41.6 Å². The van der Waals surface area contributed by atoms with Crippen molar-refractivity contribution in [2.45, 2.75) is 24.3 Å². The molecular formula is C17H14Cl3N5OS. The van der Waals surface area contributed by atoms with E-state index in [-0.39, 0.29) is 16.0 Å². The van der Waals surface area contributed by atoms with Crippen LogP contribution in [0.2, 0.25) is 15.1 Å². The van der Waals surface area contributed by atoms with Gasteiger partial charge in [0.15, 0.2) is 0 Å². The summed E-state index contributed by atoms with van der Waals surface area (Å²) in [4.78, 5) is 12.6. The van der Waals surface area contributed by atoms with Gasteiger partial charge in [0.05, 0.1) is 26.7 Å². The molecule has 1 atom stereocenters. The highest BCUT2D eigenvalue weighted by atomic mass is 35.5. The first kappa shape index (κ1) is 19.9. The topological polar surface area (TPSA) is 72.7 Å². The average Bonchev–Trinajstić information content (AvgIpc) is 3.06. The molecule has 1 amide bonds. The zero-order valence-corrected chi connectivity index (χ0v) is 17.4. The summed E-state index contributed by atoms with van der Waals surface area (Å²) in [5.74, 6) is -0.287. The van der Waals surface area contributed by atoms with Crippen LogP contribution in [0, 0.1) is 6.92 Å². The number of nitrogens with one attached hydrogen (secondary N) is 1. The largest absolute Gasteiger partial charge is 0.323 e. The number of amides is 1. The van der Waals surface area contributed by atoms with E-state index in [4.69, 9.17) is 34.8 Å². The number of aromatic nitrogens is 4. The highest BCUT2D eigenvalue weighted by Crippen LogP contribution is 2.34. The molecule has 3 rings (SSSR count). The van der Waals surface area contributed by atoms with E-state index in [1.54, 1.807) is 11.6 Å². The smallest absolute Gasteiger partial charge is 0.237 e. The number of hydrogen-bond acceptors (Lipinski definition) is 5. The Morgan fingerprint density at radius 2 is 1.89 bits per heavy atom. The molecule has 1 heterocycles. The maximum absolute atomic E-state index is 12.6. The number of carbonyl (C=O) groups is 1. The summed E-state index contributed by atoms with van der Waals surface area (Å²) in [6.45, 7) is 3.73. The minimum Gasteiger partial charge on any atom is -0.323 e. The van der Waals surface area contributed by atoms with Crippen molar-refractivity contribution in [1.82, 2.24) is 20.2 Å². The zero-order chi connectivity index (χ0) is 19.6. The number of thioether (sulfide) groups is 1. The highest BCUT2D eigenvalue weighted by molar-refractivity contribution is 8.00. The van der Waals surface area contributed by atoms with Gasteiger partial charge in [-0.05, 0) is 54.1 Å². The predicted octanol–water partition coefficient (Wildman–Crippen LogP) is 5.05. The summed E-state index contributed by atoms with van der Waals surface area (Å²) in [6.07, 6.45) is 0. The van der Waals surface area contributed by atoms with Crippen molar-refractivity contribution >= 4 is 58.2 Å². The lowest BCUT2D eigenvalue weighted by Crippen LogP contribution is -2.23. The van der Waals surface area contributed by atoms with E-state index >= 15 is 0 Å². The molecule has 3 aromatic rings. The van der Waals surface area contributed by atoms with Crippen LogP contribution in [0.5, 0.6) is 0 Å². The molecule has 0 saturated heterocycles. The number of aryl methyl sites for hydroxylation is 1. The zero-order valence-electron chi connectivity index (χ0n) is 14.3. The maximum atomic E-state index is 12.6. The molecule has 0 fully saturated rings. The van der Waals surface area contributed by atoms with Crippen molar-refractivity contribution in [3.63, 3.8) is 0 Å². The number of nitrogens with zero attached hydrogens (tertiary/aromatic N) is 4. The number of halogens is 3. The molecule has 0 spiro atoms. The SMILES string of the molecule is Cc1cccc(-n2nnnc2SC(C)C(=O)Nc2c(Cl)cc(Cl)cc2Cl)c1. The molecule has 140 valence electrons. The molecule has 1 unspecified atom stereocenters. The van der Waals surface area contributed by atoms with Crippen LogP contribution >= 0.6 is 46.6 Å². The fourth-order valence-corrected chi connectivity index (χ4v) is 3.99. The van der Waals surface area contributed by atoms with Gasteiger partial charge >= 0.3 is 0 Å². The third-order valence-electron chi connectivity index (χ3n) is 3.59. The molecule has 2 aromatic carbocycles. The fourth-order valence-electron chi connectivity index (χ4n) is 2.27. The van der Waals surface area contributed by atoms with Crippen molar-refractivity contribution < 1.29 is 4.79 Å². The van der Waals surface area contributed by atoms with Gasteiger partial charge in [-0.3, -0.25) is 4.79 Å². The lowest BCUT2D eigenvalue weighted by molar-refractivity contribution is -0.115. The Kier molecular flexibility index (Phi) is 6.26. The monoisotopic (exact) mass is 441 g/mol. The van der Waals surface area contributed by atoms with Gasteiger partial charge in [0.1, 0.15) is 0 Å².